The third-order valence-electron chi connectivity index (χ3n) is 2.17. The maximum absolute atomic E-state index is 5.65. The minimum absolute atomic E-state index is 0.657. The predicted molar refractivity (Wildman–Crippen MR) is 61.1 cm³/mol. The molecule has 0 aliphatic heterocycles. The van der Waals surface area contributed by atoms with Gasteiger partial charge in [-0.3, -0.25) is 0 Å². The van der Waals surface area contributed by atoms with E-state index in [2.05, 4.69) is 40.2 Å². The highest BCUT2D eigenvalue weighted by Crippen LogP contribution is 2.11. The van der Waals surface area contributed by atoms with E-state index in [-0.39, 0.29) is 0 Å². The molecule has 0 radical (unpaired) electrons. The summed E-state index contributed by atoms with van der Waals surface area (Å²) in [6, 6.07) is 8.43. The van der Waals surface area contributed by atoms with Crippen molar-refractivity contribution >= 4 is 15.9 Å². The quantitative estimate of drug-likeness (QED) is 0.623. The Balaban J connectivity index is 2.54. The van der Waals surface area contributed by atoms with Crippen LogP contribution in [-0.4, -0.2) is 5.33 Å². The van der Waals surface area contributed by atoms with Crippen molar-refractivity contribution < 1.29 is 0 Å². The van der Waals surface area contributed by atoms with Gasteiger partial charge in [-0.15, -0.1) is 0 Å². The fourth-order valence-corrected chi connectivity index (χ4v) is 1.81. The van der Waals surface area contributed by atoms with Crippen LogP contribution in [0.25, 0.3) is 0 Å². The average molecular weight is 242 g/mol. The van der Waals surface area contributed by atoms with E-state index in [0.29, 0.717) is 6.54 Å². The molecule has 0 aromatic heterocycles. The van der Waals surface area contributed by atoms with Crippen LogP contribution in [-0.2, 0) is 13.0 Å². The van der Waals surface area contributed by atoms with Gasteiger partial charge in [0.15, 0.2) is 0 Å². The van der Waals surface area contributed by atoms with Crippen molar-refractivity contribution in [1.29, 1.82) is 0 Å². The number of alkyl halides is 1. The molecule has 1 rings (SSSR count). The minimum Gasteiger partial charge on any atom is -0.326 e. The summed E-state index contributed by atoms with van der Waals surface area (Å²) in [4.78, 5) is 0. The van der Waals surface area contributed by atoms with Crippen LogP contribution in [0.15, 0.2) is 24.3 Å². The third-order valence-corrected chi connectivity index (χ3v) is 2.73. The largest absolute Gasteiger partial charge is 0.326 e. The van der Waals surface area contributed by atoms with Gasteiger partial charge >= 0.3 is 0 Å². The number of unbranched alkanes of at least 4 members (excludes halogenated alkanes) is 1. The summed E-state index contributed by atoms with van der Waals surface area (Å²) in [5, 5.41) is 1.10. The summed E-state index contributed by atoms with van der Waals surface area (Å²) < 4.78 is 0. The van der Waals surface area contributed by atoms with Gasteiger partial charge in [0.2, 0.25) is 0 Å². The Morgan fingerprint density at radius 1 is 1.08 bits per heavy atom. The molecule has 0 heterocycles. The SMILES string of the molecule is NCc1ccccc1CCCCBr. The highest BCUT2D eigenvalue weighted by atomic mass is 79.9. The van der Waals surface area contributed by atoms with E-state index >= 15 is 0 Å². The lowest BCUT2D eigenvalue weighted by molar-refractivity contribution is 0.795. The fraction of sp³-hybridized carbons (Fsp3) is 0.455. The Labute approximate surface area is 88.5 Å². The summed E-state index contributed by atoms with van der Waals surface area (Å²) in [7, 11) is 0. The van der Waals surface area contributed by atoms with Gasteiger partial charge in [-0.2, -0.15) is 0 Å². The molecule has 1 nitrogen and oxygen atoms in total. The molecule has 0 fully saturated rings. The van der Waals surface area contributed by atoms with Crippen molar-refractivity contribution in [2.75, 3.05) is 5.33 Å². The van der Waals surface area contributed by atoms with Crippen molar-refractivity contribution in [3.8, 4) is 0 Å². The molecular formula is C11H16BrN. The molecule has 0 aliphatic rings. The molecule has 72 valence electrons. The number of aryl methyl sites for hydroxylation is 1. The maximum Gasteiger partial charge on any atom is 0.0180 e. The molecule has 0 bridgehead atoms. The molecule has 13 heavy (non-hydrogen) atoms. The van der Waals surface area contributed by atoms with Crippen molar-refractivity contribution in [3.63, 3.8) is 0 Å². The summed E-state index contributed by atoms with van der Waals surface area (Å²) >= 11 is 3.43. The van der Waals surface area contributed by atoms with Gasteiger partial charge in [0.25, 0.3) is 0 Å². The number of hydrogen-bond donors (Lipinski definition) is 1. The maximum atomic E-state index is 5.65. The molecule has 0 aliphatic carbocycles. The molecule has 0 atom stereocenters. The highest BCUT2D eigenvalue weighted by Gasteiger charge is 1.98. The van der Waals surface area contributed by atoms with Crippen LogP contribution in [0, 0.1) is 0 Å². The van der Waals surface area contributed by atoms with Crippen molar-refractivity contribution in [2.24, 2.45) is 5.73 Å². The van der Waals surface area contributed by atoms with Gasteiger partial charge in [-0.25, -0.2) is 0 Å². The van der Waals surface area contributed by atoms with Crippen LogP contribution in [0.3, 0.4) is 0 Å². The highest BCUT2D eigenvalue weighted by molar-refractivity contribution is 9.09. The van der Waals surface area contributed by atoms with Gasteiger partial charge in [0, 0.05) is 11.9 Å². The number of rotatable bonds is 5. The van der Waals surface area contributed by atoms with Crippen LogP contribution >= 0.6 is 15.9 Å². The average Bonchev–Trinajstić information content (AvgIpc) is 2.19. The number of halogens is 1. The number of nitrogens with two attached hydrogens (primary N) is 1. The Kier molecular flexibility index (Phi) is 5.09. The van der Waals surface area contributed by atoms with E-state index in [1.807, 2.05) is 0 Å². The predicted octanol–water partition coefficient (Wildman–Crippen LogP) is 2.86. The summed E-state index contributed by atoms with van der Waals surface area (Å²) in [5.41, 5.74) is 8.34. The zero-order valence-electron chi connectivity index (χ0n) is 7.80. The molecule has 0 unspecified atom stereocenters. The van der Waals surface area contributed by atoms with Crippen molar-refractivity contribution in [3.05, 3.63) is 35.4 Å². The third kappa shape index (κ3) is 3.49. The molecule has 0 spiro atoms. The van der Waals surface area contributed by atoms with Crippen LogP contribution in [0.4, 0.5) is 0 Å². The van der Waals surface area contributed by atoms with Gasteiger partial charge in [0.1, 0.15) is 0 Å². The first-order valence-corrected chi connectivity index (χ1v) is 5.83. The standard InChI is InChI=1S/C11H16BrN/c12-8-4-3-6-10-5-1-2-7-11(10)9-13/h1-2,5,7H,3-4,6,8-9,13H2. The lowest BCUT2D eigenvalue weighted by Crippen LogP contribution is -2.01. The summed E-state index contributed by atoms with van der Waals surface area (Å²) in [5.74, 6) is 0. The smallest absolute Gasteiger partial charge is 0.0180 e. The number of benzene rings is 1. The van der Waals surface area contributed by atoms with E-state index in [1.54, 1.807) is 0 Å². The Morgan fingerprint density at radius 2 is 1.77 bits per heavy atom. The van der Waals surface area contributed by atoms with Gasteiger partial charge in [-0.1, -0.05) is 40.2 Å². The van der Waals surface area contributed by atoms with Gasteiger partial charge in [0.05, 0.1) is 0 Å². The first kappa shape index (κ1) is 10.7. The van der Waals surface area contributed by atoms with Crippen molar-refractivity contribution in [2.45, 2.75) is 25.8 Å². The first-order chi connectivity index (χ1) is 6.38. The monoisotopic (exact) mass is 241 g/mol. The van der Waals surface area contributed by atoms with Crippen LogP contribution < -0.4 is 5.73 Å². The summed E-state index contributed by atoms with van der Waals surface area (Å²) in [6.45, 7) is 0.657. The zero-order chi connectivity index (χ0) is 9.52. The molecule has 0 saturated carbocycles. The van der Waals surface area contributed by atoms with E-state index in [4.69, 9.17) is 5.73 Å². The Morgan fingerprint density at radius 3 is 2.38 bits per heavy atom. The Hall–Kier alpha value is -0.340. The second-order valence-electron chi connectivity index (χ2n) is 3.12. The minimum atomic E-state index is 0.657. The lowest BCUT2D eigenvalue weighted by atomic mass is 10.0. The van der Waals surface area contributed by atoms with E-state index < -0.39 is 0 Å². The van der Waals surface area contributed by atoms with Crippen molar-refractivity contribution in [1.82, 2.24) is 0 Å². The number of hydrogen-bond acceptors (Lipinski definition) is 1. The molecule has 1 aromatic carbocycles. The van der Waals surface area contributed by atoms with Crippen LogP contribution in [0.2, 0.25) is 0 Å². The fourth-order valence-electron chi connectivity index (χ4n) is 1.41. The van der Waals surface area contributed by atoms with Gasteiger partial charge in [-0.05, 0) is 30.4 Å². The zero-order valence-corrected chi connectivity index (χ0v) is 9.39. The summed E-state index contributed by atoms with van der Waals surface area (Å²) in [6.07, 6.45) is 3.63. The van der Waals surface area contributed by atoms with Crippen LogP contribution in [0.5, 0.6) is 0 Å². The lowest BCUT2D eigenvalue weighted by Gasteiger charge is -2.06. The second-order valence-corrected chi connectivity index (χ2v) is 3.91. The first-order valence-electron chi connectivity index (χ1n) is 4.71. The topological polar surface area (TPSA) is 26.0 Å². The second kappa shape index (κ2) is 6.17. The molecule has 0 amide bonds. The molecule has 2 N–H and O–H groups in total. The molecule has 0 saturated heterocycles. The normalized spacial score (nSPS) is 10.3. The van der Waals surface area contributed by atoms with E-state index in [9.17, 15) is 0 Å². The van der Waals surface area contributed by atoms with E-state index in [0.717, 1.165) is 11.8 Å². The van der Waals surface area contributed by atoms with E-state index in [1.165, 1.54) is 24.0 Å². The molecular weight excluding hydrogens is 226 g/mol. The molecule has 2 heteroatoms. The Bertz CT molecular complexity index is 248. The molecule has 1 aromatic rings. The van der Waals surface area contributed by atoms with Crippen LogP contribution in [0.1, 0.15) is 24.0 Å². The van der Waals surface area contributed by atoms with Gasteiger partial charge < -0.3 is 5.73 Å².